The molecule has 0 radical (unpaired) electrons. The van der Waals surface area contributed by atoms with E-state index in [-0.39, 0.29) is 5.91 Å². The Hall–Kier alpha value is -1.88. The van der Waals surface area contributed by atoms with E-state index in [1.807, 2.05) is 0 Å². The van der Waals surface area contributed by atoms with Gasteiger partial charge in [0.25, 0.3) is 0 Å². The number of allylic oxidation sites excluding steroid dienone is 3. The second-order valence-electron chi connectivity index (χ2n) is 6.87. The zero-order valence-corrected chi connectivity index (χ0v) is 15.4. The summed E-state index contributed by atoms with van der Waals surface area (Å²) in [4.78, 5) is 13.5. The van der Waals surface area contributed by atoms with Crippen molar-refractivity contribution in [2.75, 3.05) is 13.1 Å². The van der Waals surface area contributed by atoms with Crippen molar-refractivity contribution >= 4 is 5.91 Å². The van der Waals surface area contributed by atoms with Gasteiger partial charge in [0.1, 0.15) is 0 Å². The fourth-order valence-electron chi connectivity index (χ4n) is 2.81. The van der Waals surface area contributed by atoms with Crippen LogP contribution >= 0.6 is 0 Å². The smallest absolute Gasteiger partial charge is 0.217 e. The van der Waals surface area contributed by atoms with E-state index in [0.29, 0.717) is 6.54 Å². The molecule has 2 rings (SSSR count). The summed E-state index contributed by atoms with van der Waals surface area (Å²) >= 11 is 0. The lowest BCUT2D eigenvalue weighted by Gasteiger charge is -2.26. The number of hydrogen-bond donors (Lipinski definition) is 1. The summed E-state index contributed by atoms with van der Waals surface area (Å²) in [6.45, 7) is 12.4. The highest BCUT2D eigenvalue weighted by molar-refractivity contribution is 5.72. The fourth-order valence-corrected chi connectivity index (χ4v) is 2.81. The molecule has 132 valence electrons. The largest absolute Gasteiger partial charge is 0.351 e. The maximum atomic E-state index is 11.0. The van der Waals surface area contributed by atoms with Crippen molar-refractivity contribution in [1.29, 1.82) is 0 Å². The zero-order chi connectivity index (χ0) is 17.5. The first-order chi connectivity index (χ1) is 11.4. The van der Waals surface area contributed by atoms with Gasteiger partial charge >= 0.3 is 0 Å². The summed E-state index contributed by atoms with van der Waals surface area (Å²) in [5.74, 6) is -0.0173. The molecular formula is C19H30N4O. The topological polar surface area (TPSA) is 50.2 Å². The molecule has 1 aliphatic heterocycles. The lowest BCUT2D eigenvalue weighted by atomic mass is 10.1. The van der Waals surface area contributed by atoms with Crippen LogP contribution in [0.4, 0.5) is 0 Å². The van der Waals surface area contributed by atoms with Gasteiger partial charge in [-0.3, -0.25) is 14.4 Å². The Balaban J connectivity index is 1.83. The van der Waals surface area contributed by atoms with Crippen LogP contribution in [-0.2, 0) is 24.4 Å². The lowest BCUT2D eigenvalue weighted by molar-refractivity contribution is -0.119. The van der Waals surface area contributed by atoms with Crippen molar-refractivity contribution in [2.24, 2.45) is 0 Å². The van der Waals surface area contributed by atoms with Gasteiger partial charge in [-0.1, -0.05) is 23.3 Å². The molecule has 0 unspecified atom stereocenters. The van der Waals surface area contributed by atoms with Gasteiger partial charge in [0.05, 0.1) is 24.5 Å². The third-order valence-electron chi connectivity index (χ3n) is 4.24. The minimum atomic E-state index is -0.0173. The van der Waals surface area contributed by atoms with Crippen LogP contribution in [-0.4, -0.2) is 33.7 Å². The molecular weight excluding hydrogens is 300 g/mol. The second kappa shape index (κ2) is 8.83. The van der Waals surface area contributed by atoms with Crippen molar-refractivity contribution < 1.29 is 4.79 Å². The normalized spacial score (nSPS) is 15.1. The molecule has 1 aromatic heterocycles. The Bertz CT molecular complexity index is 623. The molecule has 1 amide bonds. The Kier molecular flexibility index (Phi) is 6.79. The summed E-state index contributed by atoms with van der Waals surface area (Å²) < 4.78 is 2.07. The van der Waals surface area contributed by atoms with Gasteiger partial charge < -0.3 is 5.32 Å². The van der Waals surface area contributed by atoms with Gasteiger partial charge in [0, 0.05) is 26.6 Å². The Labute approximate surface area is 145 Å². The number of fused-ring (bicyclic) bond motifs is 1. The molecule has 0 spiro atoms. The molecule has 0 saturated carbocycles. The van der Waals surface area contributed by atoms with E-state index >= 15 is 0 Å². The van der Waals surface area contributed by atoms with E-state index < -0.39 is 0 Å². The predicted octanol–water partition coefficient (Wildman–Crippen LogP) is 3.03. The van der Waals surface area contributed by atoms with Crippen molar-refractivity contribution in [1.82, 2.24) is 20.0 Å². The minimum Gasteiger partial charge on any atom is -0.351 e. The standard InChI is InChI=1S/C19H30N4O/c1-15(2)6-5-7-16(3)8-9-22-10-11-23-19(14-22)12-18(21-23)13-20-17(4)24/h6,8,12H,5,7,9-11,13-14H2,1-4H3,(H,20,24)/b16-8+. The van der Waals surface area contributed by atoms with E-state index in [9.17, 15) is 4.79 Å². The number of carbonyl (C=O) groups excluding carboxylic acids is 1. The number of amides is 1. The highest BCUT2D eigenvalue weighted by Crippen LogP contribution is 2.14. The first kappa shape index (κ1) is 18.5. The average Bonchev–Trinajstić information content (AvgIpc) is 2.92. The Morgan fingerprint density at radius 3 is 2.75 bits per heavy atom. The van der Waals surface area contributed by atoms with Gasteiger partial charge in [0.15, 0.2) is 0 Å². The number of rotatable bonds is 7. The molecule has 0 saturated heterocycles. The number of aromatic nitrogens is 2. The van der Waals surface area contributed by atoms with Gasteiger partial charge in [0.2, 0.25) is 5.91 Å². The number of nitrogens with one attached hydrogen (secondary N) is 1. The van der Waals surface area contributed by atoms with Crippen LogP contribution in [0.3, 0.4) is 0 Å². The lowest BCUT2D eigenvalue weighted by Crippen LogP contribution is -2.34. The number of carbonyl (C=O) groups is 1. The van der Waals surface area contributed by atoms with Crippen LogP contribution in [0.2, 0.25) is 0 Å². The molecule has 24 heavy (non-hydrogen) atoms. The van der Waals surface area contributed by atoms with Gasteiger partial charge in [-0.15, -0.1) is 0 Å². The summed E-state index contributed by atoms with van der Waals surface area (Å²) in [5, 5.41) is 7.37. The van der Waals surface area contributed by atoms with Crippen LogP contribution in [0.1, 0.15) is 51.9 Å². The molecule has 5 nitrogen and oxygen atoms in total. The number of nitrogens with zero attached hydrogens (tertiary/aromatic N) is 3. The van der Waals surface area contributed by atoms with E-state index in [1.54, 1.807) is 0 Å². The van der Waals surface area contributed by atoms with Crippen molar-refractivity contribution in [3.8, 4) is 0 Å². The first-order valence-corrected chi connectivity index (χ1v) is 8.75. The minimum absolute atomic E-state index is 0.0173. The van der Waals surface area contributed by atoms with E-state index in [2.05, 4.69) is 59.0 Å². The van der Waals surface area contributed by atoms with Crippen LogP contribution in [0, 0.1) is 0 Å². The van der Waals surface area contributed by atoms with Gasteiger partial charge in [-0.25, -0.2) is 0 Å². The molecule has 0 fully saturated rings. The van der Waals surface area contributed by atoms with Crippen LogP contribution in [0.5, 0.6) is 0 Å². The van der Waals surface area contributed by atoms with Crippen molar-refractivity contribution in [2.45, 2.75) is 60.2 Å². The third-order valence-corrected chi connectivity index (χ3v) is 4.24. The highest BCUT2D eigenvalue weighted by atomic mass is 16.1. The monoisotopic (exact) mass is 330 g/mol. The van der Waals surface area contributed by atoms with Gasteiger partial charge in [-0.2, -0.15) is 5.10 Å². The molecule has 2 heterocycles. The summed E-state index contributed by atoms with van der Waals surface area (Å²) in [7, 11) is 0. The SMILES string of the molecule is CC(=O)NCc1cc2n(n1)CCN(C/C=C(\C)CCC=C(C)C)C2. The first-order valence-electron chi connectivity index (χ1n) is 8.75. The van der Waals surface area contributed by atoms with E-state index in [1.165, 1.54) is 23.8 Å². The average molecular weight is 330 g/mol. The van der Waals surface area contributed by atoms with Crippen LogP contribution < -0.4 is 5.32 Å². The highest BCUT2D eigenvalue weighted by Gasteiger charge is 2.17. The quantitative estimate of drug-likeness (QED) is 0.782. The van der Waals surface area contributed by atoms with Crippen molar-refractivity contribution in [3.63, 3.8) is 0 Å². The van der Waals surface area contributed by atoms with E-state index in [0.717, 1.165) is 44.7 Å². The molecule has 1 N–H and O–H groups in total. The molecule has 0 bridgehead atoms. The fraction of sp³-hybridized carbons (Fsp3) is 0.579. The number of hydrogen-bond acceptors (Lipinski definition) is 3. The molecule has 1 aromatic rings. The van der Waals surface area contributed by atoms with Crippen LogP contribution in [0.15, 0.2) is 29.4 Å². The maximum Gasteiger partial charge on any atom is 0.217 e. The second-order valence-corrected chi connectivity index (χ2v) is 6.87. The Morgan fingerprint density at radius 1 is 1.25 bits per heavy atom. The maximum absolute atomic E-state index is 11.0. The summed E-state index contributed by atoms with van der Waals surface area (Å²) in [6, 6.07) is 2.10. The Morgan fingerprint density at radius 2 is 2.04 bits per heavy atom. The molecule has 5 heteroatoms. The molecule has 1 aliphatic rings. The molecule has 0 aliphatic carbocycles. The van der Waals surface area contributed by atoms with Crippen molar-refractivity contribution in [3.05, 3.63) is 40.8 Å². The predicted molar refractivity (Wildman–Crippen MR) is 97.4 cm³/mol. The summed E-state index contributed by atoms with van der Waals surface area (Å²) in [5.41, 5.74) is 5.02. The summed E-state index contributed by atoms with van der Waals surface area (Å²) in [6.07, 6.45) is 6.91. The molecule has 0 aromatic carbocycles. The van der Waals surface area contributed by atoms with Crippen LogP contribution in [0.25, 0.3) is 0 Å². The third kappa shape index (κ3) is 5.96. The zero-order valence-electron chi connectivity index (χ0n) is 15.4. The van der Waals surface area contributed by atoms with E-state index in [4.69, 9.17) is 0 Å². The van der Waals surface area contributed by atoms with Gasteiger partial charge in [-0.05, 0) is 39.7 Å². The molecule has 0 atom stereocenters.